The van der Waals surface area contributed by atoms with Crippen molar-refractivity contribution in [3.63, 3.8) is 0 Å². The number of nitrogens with zero attached hydrogens (tertiary/aromatic N) is 4. The van der Waals surface area contributed by atoms with Crippen molar-refractivity contribution in [2.45, 2.75) is 25.9 Å². The highest BCUT2D eigenvalue weighted by Gasteiger charge is 2.35. The van der Waals surface area contributed by atoms with Gasteiger partial charge in [0.1, 0.15) is 0 Å². The van der Waals surface area contributed by atoms with Crippen molar-refractivity contribution in [3.05, 3.63) is 72.1 Å². The van der Waals surface area contributed by atoms with E-state index in [1.54, 1.807) is 30.6 Å². The first-order chi connectivity index (χ1) is 17.5. The number of rotatable bonds is 8. The van der Waals surface area contributed by atoms with E-state index in [2.05, 4.69) is 10.3 Å². The number of nitrogens with one attached hydrogen (secondary N) is 1. The normalized spacial score (nSPS) is 18.0. The molecule has 36 heavy (non-hydrogen) atoms. The lowest BCUT2D eigenvalue weighted by molar-refractivity contribution is -0.135. The Labute approximate surface area is 208 Å². The number of hydrogen-bond donors (Lipinski definition) is 1. The van der Waals surface area contributed by atoms with Gasteiger partial charge in [-0.3, -0.25) is 14.7 Å². The highest BCUT2D eigenvalue weighted by molar-refractivity contribution is 6.06. The topological polar surface area (TPSA) is 95.8 Å². The van der Waals surface area contributed by atoms with Crippen molar-refractivity contribution in [1.82, 2.24) is 15.2 Å². The van der Waals surface area contributed by atoms with E-state index in [4.69, 9.17) is 14.6 Å². The molecule has 2 unspecified atom stereocenters. The fourth-order valence-corrected chi connectivity index (χ4v) is 4.14. The van der Waals surface area contributed by atoms with Crippen LogP contribution in [0.25, 0.3) is 0 Å². The van der Waals surface area contributed by atoms with Crippen LogP contribution in [0.3, 0.4) is 0 Å². The Balaban J connectivity index is 1.73. The summed E-state index contributed by atoms with van der Waals surface area (Å²) in [5.41, 5.74) is 2.09. The quantitative estimate of drug-likeness (QED) is 0.595. The van der Waals surface area contributed by atoms with Crippen LogP contribution in [0.1, 0.15) is 37.1 Å². The summed E-state index contributed by atoms with van der Waals surface area (Å²) >= 11 is 0. The Bertz CT molecular complexity index is 1180. The zero-order valence-corrected chi connectivity index (χ0v) is 20.1. The predicted molar refractivity (Wildman–Crippen MR) is 133 cm³/mol. The third-order valence-electron chi connectivity index (χ3n) is 6.04. The van der Waals surface area contributed by atoms with Crippen molar-refractivity contribution >= 4 is 23.9 Å². The van der Waals surface area contributed by atoms with Crippen LogP contribution in [0.15, 0.2) is 71.0 Å². The maximum absolute atomic E-state index is 13.3. The van der Waals surface area contributed by atoms with E-state index in [0.29, 0.717) is 30.0 Å². The van der Waals surface area contributed by atoms with E-state index in [1.807, 2.05) is 37.3 Å². The van der Waals surface area contributed by atoms with Crippen molar-refractivity contribution in [3.8, 4) is 11.5 Å². The number of ether oxygens (including phenoxy) is 2. The summed E-state index contributed by atoms with van der Waals surface area (Å²) in [5, 5.41) is 9.03. The molecule has 2 atom stereocenters. The lowest BCUT2D eigenvalue weighted by Gasteiger charge is -2.35. The Hall–Kier alpha value is -4.21. The van der Waals surface area contributed by atoms with Crippen molar-refractivity contribution < 1.29 is 23.5 Å². The van der Waals surface area contributed by atoms with Crippen LogP contribution in [0.5, 0.6) is 11.5 Å². The minimum atomic E-state index is -0.979. The molecule has 1 N–H and O–H groups in total. The summed E-state index contributed by atoms with van der Waals surface area (Å²) in [4.78, 5) is 31.8. The predicted octanol–water partition coefficient (Wildman–Crippen LogP) is 4.23. The number of hydrogen-bond acceptors (Lipinski definition) is 6. The average molecular weight is 494 g/mol. The molecular weight excluding hydrogens is 465 g/mol. The van der Waals surface area contributed by atoms with Crippen molar-refractivity contribution in [1.29, 1.82) is 0 Å². The Morgan fingerprint density at radius 2 is 2.03 bits per heavy atom. The van der Waals surface area contributed by atoms with Gasteiger partial charge in [-0.2, -0.15) is 5.10 Å². The van der Waals surface area contributed by atoms with Gasteiger partial charge in [0, 0.05) is 36.5 Å². The van der Waals surface area contributed by atoms with Crippen LogP contribution in [-0.2, 0) is 4.79 Å². The Morgan fingerprint density at radius 3 is 2.69 bits per heavy atom. The molecule has 188 valence electrons. The Morgan fingerprint density at radius 1 is 1.22 bits per heavy atom. The van der Waals surface area contributed by atoms with Gasteiger partial charge >= 0.3 is 6.03 Å². The first kappa shape index (κ1) is 24.9. The molecule has 0 bridgehead atoms. The van der Waals surface area contributed by atoms with Gasteiger partial charge in [0.2, 0.25) is 12.8 Å². The molecule has 3 amide bonds. The first-order valence-corrected chi connectivity index (χ1v) is 11.6. The average Bonchev–Trinajstić information content (AvgIpc) is 2.93. The second kappa shape index (κ2) is 11.5. The van der Waals surface area contributed by atoms with E-state index in [1.165, 1.54) is 23.2 Å². The molecule has 0 aliphatic carbocycles. The molecule has 2 aromatic rings. The molecule has 0 fully saturated rings. The molecule has 2 heterocycles. The molecule has 2 aromatic carbocycles. The lowest BCUT2D eigenvalue weighted by atomic mass is 9.89. The number of carbonyl (C=O) groups excluding carboxylic acids is 2. The van der Waals surface area contributed by atoms with Crippen molar-refractivity contribution in [2.24, 2.45) is 16.0 Å². The maximum atomic E-state index is 13.3. The van der Waals surface area contributed by atoms with Gasteiger partial charge in [-0.05, 0) is 30.2 Å². The number of methoxy groups -OCH3 is 1. The minimum absolute atomic E-state index is 0.139. The van der Waals surface area contributed by atoms with Gasteiger partial charge in [-0.15, -0.1) is 0 Å². The molecule has 9 nitrogen and oxygen atoms in total. The van der Waals surface area contributed by atoms with E-state index in [-0.39, 0.29) is 30.0 Å². The molecule has 10 heteroatoms. The molecule has 0 radical (unpaired) electrons. The SMILES string of the molecule is CCC1CC(=O)N(C(NC(=O)N2C=CN=CC2)c2ccccc2)N=C1c1ccc(OCF)c(OC)c1. The van der Waals surface area contributed by atoms with E-state index < -0.39 is 13.0 Å². The highest BCUT2D eigenvalue weighted by atomic mass is 19.1. The smallest absolute Gasteiger partial charge is 0.323 e. The molecule has 0 saturated carbocycles. The standard InChI is InChI=1S/C26H28FN5O4/c1-3-18-16-23(33)32(30-24(18)20-9-10-21(36-17-27)22(15-20)35-2)25(19-7-5-4-6-8-19)29-26(34)31-13-11-28-12-14-31/h4-13,15,18,25H,3,14,16-17H2,1-2H3,(H,29,34). The molecule has 0 aromatic heterocycles. The van der Waals surface area contributed by atoms with Gasteiger partial charge in [0.15, 0.2) is 17.7 Å². The molecule has 0 spiro atoms. The third kappa shape index (κ3) is 5.37. The van der Waals surface area contributed by atoms with Gasteiger partial charge in [0.05, 0.1) is 19.4 Å². The highest BCUT2D eigenvalue weighted by Crippen LogP contribution is 2.33. The summed E-state index contributed by atoms with van der Waals surface area (Å²) in [5.74, 6) is 0.283. The molecular formula is C26H28FN5O4. The fourth-order valence-electron chi connectivity index (χ4n) is 4.14. The lowest BCUT2D eigenvalue weighted by Crippen LogP contribution is -2.49. The largest absolute Gasteiger partial charge is 0.493 e. The molecule has 0 saturated heterocycles. The third-order valence-corrected chi connectivity index (χ3v) is 6.04. The number of benzene rings is 2. The van der Waals surface area contributed by atoms with Crippen LogP contribution >= 0.6 is 0 Å². The van der Waals surface area contributed by atoms with Crippen LogP contribution in [0, 0.1) is 5.92 Å². The fraction of sp³-hybridized carbons (Fsp3) is 0.308. The summed E-state index contributed by atoms with van der Waals surface area (Å²) in [6, 6.07) is 13.9. The monoisotopic (exact) mass is 493 g/mol. The second-order valence-electron chi connectivity index (χ2n) is 8.20. The summed E-state index contributed by atoms with van der Waals surface area (Å²) in [7, 11) is 1.47. The second-order valence-corrected chi connectivity index (χ2v) is 8.20. The van der Waals surface area contributed by atoms with Crippen LogP contribution in [0.2, 0.25) is 0 Å². The number of carbonyl (C=O) groups is 2. The van der Waals surface area contributed by atoms with E-state index in [9.17, 15) is 14.0 Å². The van der Waals surface area contributed by atoms with Crippen molar-refractivity contribution in [2.75, 3.05) is 20.5 Å². The number of alkyl halides is 1. The van der Waals surface area contributed by atoms with Gasteiger partial charge in [-0.1, -0.05) is 37.3 Å². The zero-order valence-electron chi connectivity index (χ0n) is 20.1. The van der Waals surface area contributed by atoms with E-state index in [0.717, 1.165) is 5.56 Å². The van der Waals surface area contributed by atoms with Gasteiger partial charge < -0.3 is 14.8 Å². The maximum Gasteiger partial charge on any atom is 0.323 e. The Kier molecular flexibility index (Phi) is 7.94. The van der Waals surface area contributed by atoms with Crippen LogP contribution < -0.4 is 14.8 Å². The summed E-state index contributed by atoms with van der Waals surface area (Å²) in [6.45, 7) is 1.33. The number of halogens is 1. The number of urea groups is 1. The number of hydrazone groups is 1. The van der Waals surface area contributed by atoms with Crippen LogP contribution in [-0.4, -0.2) is 54.3 Å². The molecule has 2 aliphatic heterocycles. The molecule has 2 aliphatic rings. The summed E-state index contributed by atoms with van der Waals surface area (Å²) in [6.07, 6.45) is 4.79. The number of amides is 3. The number of aliphatic imine (C=N–C) groups is 1. The van der Waals surface area contributed by atoms with Crippen LogP contribution in [0.4, 0.5) is 9.18 Å². The van der Waals surface area contributed by atoms with Gasteiger partial charge in [-0.25, -0.2) is 14.2 Å². The van der Waals surface area contributed by atoms with E-state index >= 15 is 0 Å². The molecule has 4 rings (SSSR count). The minimum Gasteiger partial charge on any atom is -0.493 e. The summed E-state index contributed by atoms with van der Waals surface area (Å²) < 4.78 is 23.1. The van der Waals surface area contributed by atoms with Gasteiger partial charge in [0.25, 0.3) is 0 Å². The zero-order chi connectivity index (χ0) is 25.5. The first-order valence-electron chi connectivity index (χ1n) is 11.6.